The van der Waals surface area contributed by atoms with E-state index in [1.807, 2.05) is 5.38 Å². The fourth-order valence-corrected chi connectivity index (χ4v) is 2.04. The van der Waals surface area contributed by atoms with Crippen LogP contribution in [0.4, 0.5) is 0 Å². The smallest absolute Gasteiger partial charge is 0.0946 e. The van der Waals surface area contributed by atoms with E-state index < -0.39 is 5.60 Å². The van der Waals surface area contributed by atoms with Gasteiger partial charge in [-0.2, -0.15) is 0 Å². The minimum atomic E-state index is -0.800. The molecule has 0 aliphatic heterocycles. The van der Waals surface area contributed by atoms with E-state index in [0.717, 1.165) is 4.88 Å². The zero-order valence-corrected chi connectivity index (χ0v) is 7.46. The minimum Gasteiger partial charge on any atom is -0.385 e. The largest absolute Gasteiger partial charge is 0.385 e. The summed E-state index contributed by atoms with van der Waals surface area (Å²) < 4.78 is 0. The molecule has 0 atom stereocenters. The molecule has 0 fully saturated rings. The summed E-state index contributed by atoms with van der Waals surface area (Å²) in [5.41, 5.74) is -0.800. The van der Waals surface area contributed by atoms with Crippen molar-refractivity contribution in [2.75, 3.05) is 0 Å². The number of aliphatic hydroxyl groups is 1. The number of hydrogen-bond acceptors (Lipinski definition) is 2. The first-order valence-electron chi connectivity index (χ1n) is 2.97. The summed E-state index contributed by atoms with van der Waals surface area (Å²) in [5.74, 6) is 0. The van der Waals surface area contributed by atoms with Crippen LogP contribution in [0.25, 0.3) is 0 Å². The third kappa shape index (κ3) is 1.51. The maximum absolute atomic E-state index is 9.48. The summed E-state index contributed by atoms with van der Waals surface area (Å²) in [6.07, 6.45) is 0. The monoisotopic (exact) mass is 176 g/mol. The van der Waals surface area contributed by atoms with Crippen molar-refractivity contribution >= 4 is 22.9 Å². The Morgan fingerprint density at radius 2 is 2.20 bits per heavy atom. The summed E-state index contributed by atoms with van der Waals surface area (Å²) in [6.45, 7) is 3.45. The maximum Gasteiger partial charge on any atom is 0.0946 e. The lowest BCUT2D eigenvalue weighted by molar-refractivity contribution is 0.0827. The van der Waals surface area contributed by atoms with Crippen LogP contribution < -0.4 is 0 Å². The van der Waals surface area contributed by atoms with Gasteiger partial charge in [-0.25, -0.2) is 0 Å². The highest BCUT2D eigenvalue weighted by Gasteiger charge is 2.20. The molecule has 1 nitrogen and oxygen atoms in total. The number of hydrogen-bond donors (Lipinski definition) is 1. The van der Waals surface area contributed by atoms with Gasteiger partial charge in [0.1, 0.15) is 0 Å². The van der Waals surface area contributed by atoms with Gasteiger partial charge in [-0.05, 0) is 25.3 Å². The van der Waals surface area contributed by atoms with Crippen LogP contribution in [0.1, 0.15) is 18.7 Å². The molecule has 0 bridgehead atoms. The van der Waals surface area contributed by atoms with Crippen molar-refractivity contribution in [2.24, 2.45) is 0 Å². The summed E-state index contributed by atoms with van der Waals surface area (Å²) in [5, 5.41) is 12.0. The number of thiophene rings is 1. The highest BCUT2D eigenvalue weighted by Crippen LogP contribution is 2.31. The average molecular weight is 177 g/mol. The van der Waals surface area contributed by atoms with Gasteiger partial charge < -0.3 is 5.11 Å². The molecule has 0 unspecified atom stereocenters. The lowest BCUT2D eigenvalue weighted by Gasteiger charge is -2.14. The molecule has 10 heavy (non-hydrogen) atoms. The van der Waals surface area contributed by atoms with Crippen LogP contribution in [-0.4, -0.2) is 5.11 Å². The highest BCUT2D eigenvalue weighted by molar-refractivity contribution is 7.10. The predicted octanol–water partition coefficient (Wildman–Crippen LogP) is 2.63. The Bertz CT molecular complexity index is 224. The van der Waals surface area contributed by atoms with Crippen molar-refractivity contribution in [3.8, 4) is 0 Å². The zero-order chi connectivity index (χ0) is 7.78. The van der Waals surface area contributed by atoms with Crippen LogP contribution in [0.15, 0.2) is 11.4 Å². The molecule has 0 saturated heterocycles. The molecular formula is C7H9ClOS. The zero-order valence-electron chi connectivity index (χ0n) is 5.89. The molecule has 0 amide bonds. The first kappa shape index (κ1) is 8.05. The van der Waals surface area contributed by atoms with E-state index >= 15 is 0 Å². The molecule has 3 heteroatoms. The van der Waals surface area contributed by atoms with Crippen molar-refractivity contribution < 1.29 is 5.11 Å². The highest BCUT2D eigenvalue weighted by atomic mass is 35.5. The Morgan fingerprint density at radius 3 is 2.40 bits per heavy atom. The van der Waals surface area contributed by atoms with E-state index in [-0.39, 0.29) is 0 Å². The first-order valence-corrected chi connectivity index (χ1v) is 4.23. The predicted molar refractivity (Wildman–Crippen MR) is 44.6 cm³/mol. The fraction of sp³-hybridized carbons (Fsp3) is 0.429. The lowest BCUT2D eigenvalue weighted by atomic mass is 10.1. The van der Waals surface area contributed by atoms with Crippen LogP contribution in [0, 0.1) is 0 Å². The summed E-state index contributed by atoms with van der Waals surface area (Å²) in [4.78, 5) is 0.828. The summed E-state index contributed by atoms with van der Waals surface area (Å²) >= 11 is 7.25. The van der Waals surface area contributed by atoms with Crippen LogP contribution in [0.5, 0.6) is 0 Å². The van der Waals surface area contributed by atoms with E-state index in [0.29, 0.717) is 5.02 Å². The minimum absolute atomic E-state index is 0.650. The molecule has 0 aromatic carbocycles. The van der Waals surface area contributed by atoms with Gasteiger partial charge in [-0.15, -0.1) is 11.3 Å². The van der Waals surface area contributed by atoms with E-state index in [1.54, 1.807) is 19.9 Å². The van der Waals surface area contributed by atoms with Gasteiger partial charge >= 0.3 is 0 Å². The second-order valence-corrected chi connectivity index (χ2v) is 3.98. The van der Waals surface area contributed by atoms with Crippen LogP contribution in [0.2, 0.25) is 5.02 Å². The molecular weight excluding hydrogens is 168 g/mol. The van der Waals surface area contributed by atoms with Crippen molar-refractivity contribution in [3.63, 3.8) is 0 Å². The van der Waals surface area contributed by atoms with Gasteiger partial charge in [0.05, 0.1) is 15.5 Å². The van der Waals surface area contributed by atoms with Gasteiger partial charge in [0.2, 0.25) is 0 Å². The normalized spacial score (nSPS) is 12.0. The number of halogens is 1. The Labute approximate surface area is 69.3 Å². The molecule has 1 aromatic rings. The molecule has 1 N–H and O–H groups in total. The Morgan fingerprint density at radius 1 is 1.60 bits per heavy atom. The summed E-state index contributed by atoms with van der Waals surface area (Å²) in [6, 6.07) is 1.79. The Kier molecular flexibility index (Phi) is 2.04. The van der Waals surface area contributed by atoms with E-state index in [9.17, 15) is 5.11 Å². The maximum atomic E-state index is 9.48. The first-order chi connectivity index (χ1) is 4.52. The van der Waals surface area contributed by atoms with Crippen LogP contribution in [0.3, 0.4) is 0 Å². The molecule has 1 heterocycles. The average Bonchev–Trinajstić information content (AvgIpc) is 2.11. The quantitative estimate of drug-likeness (QED) is 0.698. The van der Waals surface area contributed by atoms with Crippen LogP contribution in [-0.2, 0) is 5.60 Å². The third-order valence-electron chi connectivity index (χ3n) is 1.17. The van der Waals surface area contributed by atoms with Crippen molar-refractivity contribution in [3.05, 3.63) is 21.3 Å². The fourth-order valence-electron chi connectivity index (χ4n) is 0.730. The second-order valence-electron chi connectivity index (χ2n) is 2.66. The SMILES string of the molecule is CC(C)(O)c1sccc1Cl. The van der Waals surface area contributed by atoms with E-state index in [2.05, 4.69) is 0 Å². The van der Waals surface area contributed by atoms with Gasteiger partial charge in [-0.1, -0.05) is 11.6 Å². The lowest BCUT2D eigenvalue weighted by Crippen LogP contribution is -2.13. The second kappa shape index (κ2) is 2.53. The number of rotatable bonds is 1. The van der Waals surface area contributed by atoms with Crippen molar-refractivity contribution in [1.29, 1.82) is 0 Å². The molecule has 1 rings (SSSR count). The van der Waals surface area contributed by atoms with Gasteiger partial charge in [-0.3, -0.25) is 0 Å². The molecule has 0 radical (unpaired) electrons. The third-order valence-corrected chi connectivity index (χ3v) is 2.83. The van der Waals surface area contributed by atoms with Gasteiger partial charge in [0.15, 0.2) is 0 Å². The van der Waals surface area contributed by atoms with Gasteiger partial charge in [0.25, 0.3) is 0 Å². The van der Waals surface area contributed by atoms with Crippen molar-refractivity contribution in [1.82, 2.24) is 0 Å². The Balaban J connectivity index is 3.05. The molecule has 0 spiro atoms. The van der Waals surface area contributed by atoms with Crippen molar-refractivity contribution in [2.45, 2.75) is 19.4 Å². The van der Waals surface area contributed by atoms with Crippen LogP contribution >= 0.6 is 22.9 Å². The standard InChI is InChI=1S/C7H9ClOS/c1-7(2,9)6-5(8)3-4-10-6/h3-4,9H,1-2H3. The molecule has 0 saturated carbocycles. The molecule has 0 aliphatic carbocycles. The van der Waals surface area contributed by atoms with E-state index in [1.165, 1.54) is 11.3 Å². The molecule has 0 aliphatic rings. The Hall–Kier alpha value is -0.0500. The topological polar surface area (TPSA) is 20.2 Å². The molecule has 1 aromatic heterocycles. The van der Waals surface area contributed by atoms with Gasteiger partial charge in [0, 0.05) is 0 Å². The molecule has 56 valence electrons. The summed E-state index contributed by atoms with van der Waals surface area (Å²) in [7, 11) is 0. The van der Waals surface area contributed by atoms with E-state index in [4.69, 9.17) is 11.6 Å².